The lowest BCUT2D eigenvalue weighted by molar-refractivity contribution is 0.0103. The van der Waals surface area contributed by atoms with E-state index < -0.39 is 0 Å². The summed E-state index contributed by atoms with van der Waals surface area (Å²) in [6.07, 6.45) is 5.62. The highest BCUT2D eigenvalue weighted by atomic mass is 16.3. The van der Waals surface area contributed by atoms with E-state index in [0.29, 0.717) is 11.8 Å². The molecule has 0 saturated heterocycles. The number of aryl methyl sites for hydroxylation is 1. The molecule has 2 aliphatic rings. The molecule has 104 valence electrons. The molecule has 0 spiro atoms. The lowest BCUT2D eigenvalue weighted by Crippen LogP contribution is -2.46. The summed E-state index contributed by atoms with van der Waals surface area (Å²) in [5, 5.41) is 10.3. The molecule has 1 heteroatoms. The van der Waals surface area contributed by atoms with Gasteiger partial charge in [-0.25, -0.2) is 0 Å². The third-order valence-corrected chi connectivity index (χ3v) is 5.61. The Morgan fingerprint density at radius 1 is 1.26 bits per heavy atom. The maximum atomic E-state index is 10.3. The topological polar surface area (TPSA) is 20.2 Å². The summed E-state index contributed by atoms with van der Waals surface area (Å²) in [6.45, 7) is 6.91. The summed E-state index contributed by atoms with van der Waals surface area (Å²) >= 11 is 0. The molecule has 0 unspecified atom stereocenters. The van der Waals surface area contributed by atoms with Gasteiger partial charge in [0.15, 0.2) is 0 Å². The Balaban J connectivity index is 2.04. The highest BCUT2D eigenvalue weighted by Gasteiger charge is 2.45. The average Bonchev–Trinajstić information content (AvgIpc) is 2.38. The van der Waals surface area contributed by atoms with E-state index in [9.17, 15) is 5.11 Å². The molecule has 1 aromatic carbocycles. The fourth-order valence-electron chi connectivity index (χ4n) is 4.38. The summed E-state index contributed by atoms with van der Waals surface area (Å²) in [7, 11) is 0. The van der Waals surface area contributed by atoms with E-state index in [1.165, 1.54) is 24.0 Å². The van der Waals surface area contributed by atoms with E-state index in [1.54, 1.807) is 5.56 Å². The first-order valence-corrected chi connectivity index (χ1v) is 7.84. The second-order valence-corrected chi connectivity index (χ2v) is 7.09. The quantitative estimate of drug-likeness (QED) is 0.801. The Kier molecular flexibility index (Phi) is 3.21. The summed E-state index contributed by atoms with van der Waals surface area (Å²) in [5.74, 6) is 1.08. The zero-order chi connectivity index (χ0) is 13.6. The third-order valence-electron chi connectivity index (χ3n) is 5.61. The average molecular weight is 258 g/mol. The van der Waals surface area contributed by atoms with Gasteiger partial charge in [-0.3, -0.25) is 0 Å². The highest BCUT2D eigenvalue weighted by molar-refractivity contribution is 5.41. The van der Waals surface area contributed by atoms with Crippen molar-refractivity contribution in [2.24, 2.45) is 5.92 Å². The largest absolute Gasteiger partial charge is 0.393 e. The van der Waals surface area contributed by atoms with Crippen molar-refractivity contribution < 1.29 is 5.11 Å². The van der Waals surface area contributed by atoms with Crippen LogP contribution in [0.4, 0.5) is 0 Å². The molecular weight excluding hydrogens is 232 g/mol. The smallest absolute Gasteiger partial charge is 0.0576 e. The highest BCUT2D eigenvalue weighted by Crippen LogP contribution is 2.50. The number of aliphatic hydroxyl groups is 1. The maximum absolute atomic E-state index is 10.3. The predicted molar refractivity (Wildman–Crippen MR) is 79.6 cm³/mol. The molecule has 0 bridgehead atoms. The number of aliphatic hydroxyl groups excluding tert-OH is 1. The molecule has 1 saturated carbocycles. The maximum Gasteiger partial charge on any atom is 0.0576 e. The van der Waals surface area contributed by atoms with Gasteiger partial charge in [0.25, 0.3) is 0 Å². The Morgan fingerprint density at radius 3 is 2.79 bits per heavy atom. The molecule has 0 aliphatic heterocycles. The van der Waals surface area contributed by atoms with E-state index >= 15 is 0 Å². The molecule has 0 amide bonds. The first-order chi connectivity index (χ1) is 9.02. The molecule has 1 fully saturated rings. The Morgan fingerprint density at radius 2 is 2.05 bits per heavy atom. The molecule has 0 aromatic heterocycles. The summed E-state index contributed by atoms with van der Waals surface area (Å²) < 4.78 is 0. The van der Waals surface area contributed by atoms with Crippen molar-refractivity contribution in [3.05, 3.63) is 34.9 Å². The molecule has 1 N–H and O–H groups in total. The fraction of sp³-hybridized carbons (Fsp3) is 0.667. The van der Waals surface area contributed by atoms with Crippen LogP contribution < -0.4 is 0 Å². The van der Waals surface area contributed by atoms with Gasteiger partial charge in [-0.05, 0) is 66.0 Å². The van der Waals surface area contributed by atoms with Crippen molar-refractivity contribution >= 4 is 0 Å². The Labute approximate surface area is 117 Å². The van der Waals surface area contributed by atoms with Crippen LogP contribution in [0.5, 0.6) is 0 Å². The van der Waals surface area contributed by atoms with Crippen molar-refractivity contribution in [2.75, 3.05) is 0 Å². The van der Waals surface area contributed by atoms with Crippen LogP contribution in [0, 0.1) is 5.92 Å². The van der Waals surface area contributed by atoms with E-state index in [-0.39, 0.29) is 11.5 Å². The third kappa shape index (κ3) is 2.03. The van der Waals surface area contributed by atoms with Crippen molar-refractivity contribution in [1.29, 1.82) is 0 Å². The summed E-state index contributed by atoms with van der Waals surface area (Å²) in [6, 6.07) is 7.08. The minimum Gasteiger partial charge on any atom is -0.393 e. The lowest BCUT2D eigenvalue weighted by Gasteiger charge is -2.48. The number of rotatable bonds is 1. The van der Waals surface area contributed by atoms with Gasteiger partial charge in [-0.1, -0.05) is 39.0 Å². The minimum atomic E-state index is -0.0864. The lowest BCUT2D eigenvalue weighted by atomic mass is 9.57. The van der Waals surface area contributed by atoms with Gasteiger partial charge >= 0.3 is 0 Å². The number of hydrogen-bond acceptors (Lipinski definition) is 1. The molecule has 0 radical (unpaired) electrons. The number of fused-ring (bicyclic) bond motifs is 3. The molecule has 0 heterocycles. The molecule has 1 nitrogen and oxygen atoms in total. The molecule has 1 aromatic rings. The van der Waals surface area contributed by atoms with Crippen molar-refractivity contribution in [1.82, 2.24) is 0 Å². The summed E-state index contributed by atoms with van der Waals surface area (Å²) in [5.41, 5.74) is 4.73. The SMILES string of the molecule is CC(C)c1ccc2c(c1)CC[C@H]1[C@@H](O)CCC[C@]21C. The first kappa shape index (κ1) is 13.2. The van der Waals surface area contributed by atoms with Crippen LogP contribution in [0.15, 0.2) is 18.2 Å². The van der Waals surface area contributed by atoms with Crippen LogP contribution in [0.3, 0.4) is 0 Å². The zero-order valence-corrected chi connectivity index (χ0v) is 12.4. The van der Waals surface area contributed by atoms with Crippen molar-refractivity contribution in [2.45, 2.75) is 70.3 Å². The minimum absolute atomic E-state index is 0.0864. The van der Waals surface area contributed by atoms with Gasteiger partial charge in [0.05, 0.1) is 6.10 Å². The zero-order valence-electron chi connectivity index (χ0n) is 12.4. The standard InChI is InChI=1S/C18H26O/c1-12(2)13-6-8-15-14(11-13)7-9-16-17(19)5-4-10-18(15,16)3/h6,8,11-12,16-17,19H,4-5,7,9-10H2,1-3H3/t16-,17-,18+/m0/s1. The van der Waals surface area contributed by atoms with E-state index in [1.807, 2.05) is 0 Å². The van der Waals surface area contributed by atoms with Crippen LogP contribution >= 0.6 is 0 Å². The van der Waals surface area contributed by atoms with Gasteiger partial charge in [0.1, 0.15) is 0 Å². The monoisotopic (exact) mass is 258 g/mol. The second-order valence-electron chi connectivity index (χ2n) is 7.09. The molecule has 2 aliphatic carbocycles. The van der Waals surface area contributed by atoms with Gasteiger partial charge in [0.2, 0.25) is 0 Å². The van der Waals surface area contributed by atoms with Crippen LogP contribution in [0.1, 0.15) is 69.1 Å². The summed E-state index contributed by atoms with van der Waals surface area (Å²) in [4.78, 5) is 0. The van der Waals surface area contributed by atoms with Crippen molar-refractivity contribution in [3.63, 3.8) is 0 Å². The molecular formula is C18H26O. The van der Waals surface area contributed by atoms with Crippen LogP contribution in [-0.2, 0) is 11.8 Å². The van der Waals surface area contributed by atoms with Gasteiger partial charge in [-0.2, -0.15) is 0 Å². The normalized spacial score (nSPS) is 33.9. The first-order valence-electron chi connectivity index (χ1n) is 7.84. The second kappa shape index (κ2) is 4.63. The van der Waals surface area contributed by atoms with E-state index in [4.69, 9.17) is 0 Å². The predicted octanol–water partition coefficient (Wildman–Crippen LogP) is 4.17. The van der Waals surface area contributed by atoms with Gasteiger partial charge in [0, 0.05) is 0 Å². The van der Waals surface area contributed by atoms with Crippen LogP contribution in [-0.4, -0.2) is 11.2 Å². The number of benzene rings is 1. The van der Waals surface area contributed by atoms with Gasteiger partial charge < -0.3 is 5.11 Å². The van der Waals surface area contributed by atoms with Crippen LogP contribution in [0.25, 0.3) is 0 Å². The molecule has 3 rings (SSSR count). The molecule has 19 heavy (non-hydrogen) atoms. The van der Waals surface area contributed by atoms with E-state index in [0.717, 1.165) is 19.3 Å². The van der Waals surface area contributed by atoms with Gasteiger partial charge in [-0.15, -0.1) is 0 Å². The van der Waals surface area contributed by atoms with Crippen molar-refractivity contribution in [3.8, 4) is 0 Å². The Bertz CT molecular complexity index is 477. The van der Waals surface area contributed by atoms with Crippen LogP contribution in [0.2, 0.25) is 0 Å². The molecule has 3 atom stereocenters. The van der Waals surface area contributed by atoms with E-state index in [2.05, 4.69) is 39.0 Å². The Hall–Kier alpha value is -0.820. The fourth-order valence-corrected chi connectivity index (χ4v) is 4.38. The number of hydrogen-bond donors (Lipinski definition) is 1.